The molecule has 0 bridgehead atoms. The van der Waals surface area contributed by atoms with Crippen LogP contribution in [0.1, 0.15) is 57.9 Å². The minimum atomic E-state index is -3.51. The first-order valence-electron chi connectivity index (χ1n) is 8.04. The second-order valence-corrected chi connectivity index (χ2v) is 8.57. The maximum absolute atomic E-state index is 11.5. The van der Waals surface area contributed by atoms with E-state index in [1.807, 2.05) is 6.07 Å². The third-order valence-corrected chi connectivity index (χ3v) is 5.16. The van der Waals surface area contributed by atoms with Crippen LogP contribution in [0.3, 0.4) is 0 Å². The summed E-state index contributed by atoms with van der Waals surface area (Å²) in [6.45, 7) is 4.35. The van der Waals surface area contributed by atoms with E-state index in [0.717, 1.165) is 50.3 Å². The molecule has 3 nitrogen and oxygen atoms in total. The molecular weight excluding hydrogens is 355 g/mol. The van der Waals surface area contributed by atoms with Crippen LogP contribution in [-0.4, -0.2) is 21.3 Å². The normalized spacial score (nSPS) is 12.6. The van der Waals surface area contributed by atoms with E-state index in [1.165, 1.54) is 0 Å². The summed E-state index contributed by atoms with van der Waals surface area (Å²) in [4.78, 5) is 0. The number of benzene rings is 1. The van der Waals surface area contributed by atoms with Crippen LogP contribution in [0, 0.1) is 0 Å². The molecule has 0 amide bonds. The van der Waals surface area contributed by atoms with Gasteiger partial charge >= 0.3 is 0 Å². The quantitative estimate of drug-likeness (QED) is 0.497. The zero-order valence-electron chi connectivity index (χ0n) is 14.1. The molecule has 0 saturated heterocycles. The molecule has 0 spiro atoms. The average Bonchev–Trinajstić information content (AvgIpc) is 2.46. The van der Waals surface area contributed by atoms with Crippen LogP contribution in [0.2, 0.25) is 10.0 Å². The van der Waals surface area contributed by atoms with E-state index in [9.17, 15) is 8.42 Å². The first-order valence-corrected chi connectivity index (χ1v) is 10.6. The molecule has 0 saturated carbocycles. The minimum absolute atomic E-state index is 0.118. The Bertz CT molecular complexity index is 592. The molecule has 0 aliphatic rings. The summed E-state index contributed by atoms with van der Waals surface area (Å²) in [5.41, 5.74) is 0.519. The van der Waals surface area contributed by atoms with E-state index in [0.29, 0.717) is 10.0 Å². The van der Waals surface area contributed by atoms with Crippen LogP contribution >= 0.6 is 23.2 Å². The predicted octanol–water partition coefficient (Wildman–Crippen LogP) is 5.59. The van der Waals surface area contributed by atoms with Crippen LogP contribution in [-0.2, 0) is 19.7 Å². The zero-order chi connectivity index (χ0) is 17.5. The first-order chi connectivity index (χ1) is 10.7. The van der Waals surface area contributed by atoms with E-state index >= 15 is 0 Å². The molecule has 0 aliphatic carbocycles. The monoisotopic (exact) mass is 380 g/mol. The van der Waals surface area contributed by atoms with Crippen LogP contribution in [0.25, 0.3) is 0 Å². The second-order valence-electron chi connectivity index (χ2n) is 6.08. The van der Waals surface area contributed by atoms with E-state index in [1.54, 1.807) is 12.1 Å². The van der Waals surface area contributed by atoms with Gasteiger partial charge in [-0.2, -0.15) is 8.42 Å². The summed E-state index contributed by atoms with van der Waals surface area (Å²) in [5, 5.41) is 1.14. The van der Waals surface area contributed by atoms with Crippen molar-refractivity contribution in [3.05, 3.63) is 33.8 Å². The van der Waals surface area contributed by atoms with Gasteiger partial charge in [-0.05, 0) is 30.5 Å². The molecule has 0 radical (unpaired) electrons. The van der Waals surface area contributed by atoms with Gasteiger partial charge in [0.2, 0.25) is 0 Å². The fraction of sp³-hybridized carbons (Fsp3) is 0.647. The number of halogens is 2. The zero-order valence-corrected chi connectivity index (χ0v) is 16.4. The van der Waals surface area contributed by atoms with Crippen molar-refractivity contribution in [2.75, 3.05) is 12.9 Å². The van der Waals surface area contributed by atoms with Gasteiger partial charge in [0.15, 0.2) is 0 Å². The summed E-state index contributed by atoms with van der Waals surface area (Å²) in [5.74, 6) is 0. The predicted molar refractivity (Wildman–Crippen MR) is 98.0 cm³/mol. The third-order valence-electron chi connectivity index (χ3n) is 4.07. The first kappa shape index (κ1) is 20.8. The molecule has 1 aromatic rings. The molecule has 0 fully saturated rings. The lowest BCUT2D eigenvalue weighted by molar-refractivity contribution is 0.193. The molecule has 0 atom stereocenters. The van der Waals surface area contributed by atoms with Crippen molar-refractivity contribution in [3.63, 3.8) is 0 Å². The Morgan fingerprint density at radius 2 is 1.65 bits per heavy atom. The highest BCUT2D eigenvalue weighted by Gasteiger charge is 2.34. The van der Waals surface area contributed by atoms with Crippen molar-refractivity contribution in [2.24, 2.45) is 0 Å². The third kappa shape index (κ3) is 6.61. The number of unbranched alkanes of at least 4 members (excludes halogenated alkanes) is 2. The number of hydrogen-bond acceptors (Lipinski definition) is 3. The summed E-state index contributed by atoms with van der Waals surface area (Å²) >= 11 is 12.4. The second kappa shape index (κ2) is 9.26. The molecular formula is C17H26Cl2O3S. The van der Waals surface area contributed by atoms with Crippen LogP contribution < -0.4 is 0 Å². The van der Waals surface area contributed by atoms with Crippen molar-refractivity contribution in [3.8, 4) is 0 Å². The van der Waals surface area contributed by atoms with Gasteiger partial charge in [-0.3, -0.25) is 4.18 Å². The molecule has 0 heterocycles. The number of hydrogen-bond donors (Lipinski definition) is 0. The van der Waals surface area contributed by atoms with E-state index in [4.69, 9.17) is 27.4 Å². The van der Waals surface area contributed by atoms with Gasteiger partial charge in [0.05, 0.1) is 12.9 Å². The highest BCUT2D eigenvalue weighted by atomic mass is 35.5. The summed E-state index contributed by atoms with van der Waals surface area (Å²) < 4.78 is 28.2. The van der Waals surface area contributed by atoms with Gasteiger partial charge in [0.1, 0.15) is 0 Å². The van der Waals surface area contributed by atoms with Gasteiger partial charge in [-0.15, -0.1) is 0 Å². The van der Waals surface area contributed by atoms with E-state index in [-0.39, 0.29) is 6.61 Å². The minimum Gasteiger partial charge on any atom is -0.269 e. The molecule has 1 rings (SSSR count). The molecule has 0 aliphatic heterocycles. The Balaban J connectivity index is 3.27. The Hall–Kier alpha value is -0.290. The fourth-order valence-corrected chi connectivity index (χ4v) is 3.83. The summed E-state index contributed by atoms with van der Waals surface area (Å²) in [6, 6.07) is 5.42. The SMILES string of the molecule is CCCCC(CCCC)(COS(C)(=O)=O)c1ccc(Cl)cc1Cl. The summed E-state index contributed by atoms with van der Waals surface area (Å²) in [7, 11) is -3.51. The van der Waals surface area contributed by atoms with Crippen molar-refractivity contribution in [2.45, 2.75) is 57.8 Å². The molecule has 0 aromatic heterocycles. The molecule has 132 valence electrons. The van der Waals surface area contributed by atoms with Crippen molar-refractivity contribution in [1.29, 1.82) is 0 Å². The molecule has 1 aromatic carbocycles. The van der Waals surface area contributed by atoms with Crippen LogP contribution in [0.15, 0.2) is 18.2 Å². The highest BCUT2D eigenvalue weighted by molar-refractivity contribution is 7.85. The highest BCUT2D eigenvalue weighted by Crippen LogP contribution is 2.40. The lowest BCUT2D eigenvalue weighted by Crippen LogP contribution is -2.33. The Labute approximate surface area is 150 Å². The molecule has 0 unspecified atom stereocenters. The van der Waals surface area contributed by atoms with Gasteiger partial charge in [0.25, 0.3) is 10.1 Å². The molecule has 23 heavy (non-hydrogen) atoms. The van der Waals surface area contributed by atoms with Gasteiger partial charge < -0.3 is 0 Å². The molecule has 6 heteroatoms. The van der Waals surface area contributed by atoms with Crippen molar-refractivity contribution >= 4 is 33.3 Å². The fourth-order valence-electron chi connectivity index (χ4n) is 2.79. The maximum Gasteiger partial charge on any atom is 0.264 e. The lowest BCUT2D eigenvalue weighted by atomic mass is 9.73. The average molecular weight is 381 g/mol. The van der Waals surface area contributed by atoms with Crippen molar-refractivity contribution in [1.82, 2.24) is 0 Å². The Morgan fingerprint density at radius 3 is 2.09 bits per heavy atom. The standard InChI is InChI=1S/C17H26Cl2O3S/c1-4-6-10-17(11-7-5-2,13-22-23(3,20)21)15-9-8-14(18)12-16(15)19/h8-9,12H,4-7,10-11,13H2,1-3H3. The maximum atomic E-state index is 11.5. The summed E-state index contributed by atoms with van der Waals surface area (Å²) in [6.07, 6.45) is 6.77. The topological polar surface area (TPSA) is 43.4 Å². The van der Waals surface area contributed by atoms with Crippen LogP contribution in [0.5, 0.6) is 0 Å². The van der Waals surface area contributed by atoms with Gasteiger partial charge in [-0.25, -0.2) is 0 Å². The largest absolute Gasteiger partial charge is 0.269 e. The smallest absolute Gasteiger partial charge is 0.264 e. The van der Waals surface area contributed by atoms with E-state index < -0.39 is 15.5 Å². The lowest BCUT2D eigenvalue weighted by Gasteiger charge is -2.35. The Morgan fingerprint density at radius 1 is 1.09 bits per heavy atom. The number of rotatable bonds is 10. The van der Waals surface area contributed by atoms with Gasteiger partial charge in [-0.1, -0.05) is 68.8 Å². The van der Waals surface area contributed by atoms with Gasteiger partial charge in [0, 0.05) is 15.5 Å². The van der Waals surface area contributed by atoms with Crippen LogP contribution in [0.4, 0.5) is 0 Å². The Kier molecular flexibility index (Phi) is 8.36. The van der Waals surface area contributed by atoms with Crippen molar-refractivity contribution < 1.29 is 12.6 Å². The van der Waals surface area contributed by atoms with E-state index in [2.05, 4.69) is 13.8 Å². The molecule has 0 N–H and O–H groups in total.